The van der Waals surface area contributed by atoms with Gasteiger partial charge in [-0.3, -0.25) is 0 Å². The SMILES string of the molecule is CCOC(=O)c1csc(N(CC)c2ccccc2C)n1. The number of hydrogen-bond acceptors (Lipinski definition) is 5. The Morgan fingerprint density at radius 2 is 2.10 bits per heavy atom. The van der Waals surface area contributed by atoms with Crippen LogP contribution in [0.4, 0.5) is 10.8 Å². The Labute approximate surface area is 123 Å². The van der Waals surface area contributed by atoms with E-state index in [9.17, 15) is 4.79 Å². The lowest BCUT2D eigenvalue weighted by Gasteiger charge is -2.21. The summed E-state index contributed by atoms with van der Waals surface area (Å²) in [5.41, 5.74) is 2.67. The van der Waals surface area contributed by atoms with Crippen molar-refractivity contribution in [3.05, 3.63) is 40.9 Å². The van der Waals surface area contributed by atoms with Gasteiger partial charge in [0.15, 0.2) is 10.8 Å². The van der Waals surface area contributed by atoms with Crippen molar-refractivity contribution in [3.63, 3.8) is 0 Å². The Morgan fingerprint density at radius 3 is 2.75 bits per heavy atom. The minimum absolute atomic E-state index is 0.362. The molecule has 0 spiro atoms. The molecule has 0 aliphatic heterocycles. The molecule has 20 heavy (non-hydrogen) atoms. The van der Waals surface area contributed by atoms with Crippen LogP contribution >= 0.6 is 11.3 Å². The molecule has 0 saturated heterocycles. The van der Waals surface area contributed by atoms with Gasteiger partial charge >= 0.3 is 5.97 Å². The van der Waals surface area contributed by atoms with Crippen molar-refractivity contribution in [1.82, 2.24) is 4.98 Å². The van der Waals surface area contributed by atoms with Gasteiger partial charge in [-0.1, -0.05) is 18.2 Å². The van der Waals surface area contributed by atoms with Crippen LogP contribution in [0.15, 0.2) is 29.6 Å². The molecule has 0 aliphatic carbocycles. The summed E-state index contributed by atoms with van der Waals surface area (Å²) in [7, 11) is 0. The van der Waals surface area contributed by atoms with E-state index in [-0.39, 0.29) is 5.97 Å². The number of rotatable bonds is 5. The van der Waals surface area contributed by atoms with Crippen molar-refractivity contribution in [3.8, 4) is 0 Å². The molecule has 0 atom stereocenters. The number of anilines is 2. The monoisotopic (exact) mass is 290 g/mol. The summed E-state index contributed by atoms with van der Waals surface area (Å²) in [6.07, 6.45) is 0. The smallest absolute Gasteiger partial charge is 0.357 e. The first-order valence-corrected chi connectivity index (χ1v) is 7.51. The van der Waals surface area contributed by atoms with Crippen molar-refractivity contribution < 1.29 is 9.53 Å². The van der Waals surface area contributed by atoms with Crippen LogP contribution in [0, 0.1) is 6.92 Å². The summed E-state index contributed by atoms with van der Waals surface area (Å²) in [6.45, 7) is 7.08. The molecule has 0 bridgehead atoms. The predicted octanol–water partition coefficient (Wildman–Crippen LogP) is 3.79. The second kappa shape index (κ2) is 6.52. The Hall–Kier alpha value is -1.88. The third-order valence-corrected chi connectivity index (χ3v) is 3.79. The molecule has 4 nitrogen and oxygen atoms in total. The lowest BCUT2D eigenvalue weighted by Crippen LogP contribution is -2.17. The van der Waals surface area contributed by atoms with E-state index in [1.165, 1.54) is 16.9 Å². The van der Waals surface area contributed by atoms with Gasteiger partial charge in [0.25, 0.3) is 0 Å². The van der Waals surface area contributed by atoms with Gasteiger partial charge < -0.3 is 9.64 Å². The highest BCUT2D eigenvalue weighted by Crippen LogP contribution is 2.30. The van der Waals surface area contributed by atoms with Crippen molar-refractivity contribution in [2.24, 2.45) is 0 Å². The average Bonchev–Trinajstić information content (AvgIpc) is 2.92. The van der Waals surface area contributed by atoms with E-state index in [1.807, 2.05) is 12.1 Å². The van der Waals surface area contributed by atoms with Gasteiger partial charge in [0.1, 0.15) is 0 Å². The van der Waals surface area contributed by atoms with Crippen LogP contribution in [0.1, 0.15) is 29.9 Å². The van der Waals surface area contributed by atoms with E-state index in [0.29, 0.717) is 12.3 Å². The molecule has 1 aromatic heterocycles. The van der Waals surface area contributed by atoms with Crippen LogP contribution < -0.4 is 4.90 Å². The zero-order chi connectivity index (χ0) is 14.5. The molecule has 1 heterocycles. The van der Waals surface area contributed by atoms with Crippen molar-refractivity contribution in [1.29, 1.82) is 0 Å². The Morgan fingerprint density at radius 1 is 1.35 bits per heavy atom. The standard InChI is InChI=1S/C15H18N2O2S/c1-4-17(13-9-7-6-8-11(13)3)15-16-12(10-20-15)14(18)19-5-2/h6-10H,4-5H2,1-3H3. The van der Waals surface area contributed by atoms with E-state index in [4.69, 9.17) is 4.74 Å². The largest absolute Gasteiger partial charge is 0.461 e. The third-order valence-electron chi connectivity index (χ3n) is 2.93. The number of ether oxygens (including phenoxy) is 1. The van der Waals surface area contributed by atoms with Gasteiger partial charge in [0.05, 0.1) is 6.61 Å². The Balaban J connectivity index is 2.29. The number of aryl methyl sites for hydroxylation is 1. The fraction of sp³-hybridized carbons (Fsp3) is 0.333. The second-order valence-corrected chi connectivity index (χ2v) is 5.10. The van der Waals surface area contributed by atoms with E-state index in [0.717, 1.165) is 17.4 Å². The Kier molecular flexibility index (Phi) is 4.74. The van der Waals surface area contributed by atoms with Crippen LogP contribution in [-0.2, 0) is 4.74 Å². The van der Waals surface area contributed by atoms with Gasteiger partial charge in [0.2, 0.25) is 0 Å². The summed E-state index contributed by atoms with van der Waals surface area (Å²) in [5.74, 6) is -0.365. The minimum Gasteiger partial charge on any atom is -0.461 e. The quantitative estimate of drug-likeness (QED) is 0.786. The van der Waals surface area contributed by atoms with Gasteiger partial charge in [0, 0.05) is 17.6 Å². The topological polar surface area (TPSA) is 42.4 Å². The molecule has 5 heteroatoms. The third kappa shape index (κ3) is 2.99. The van der Waals surface area contributed by atoms with Crippen LogP contribution in [0.3, 0.4) is 0 Å². The van der Waals surface area contributed by atoms with Gasteiger partial charge in [-0.25, -0.2) is 9.78 Å². The highest BCUT2D eigenvalue weighted by Gasteiger charge is 2.17. The molecule has 1 aromatic carbocycles. The molecule has 0 radical (unpaired) electrons. The first kappa shape index (κ1) is 14.5. The molecule has 0 saturated carbocycles. The minimum atomic E-state index is -0.365. The second-order valence-electron chi connectivity index (χ2n) is 4.27. The zero-order valence-corrected chi connectivity index (χ0v) is 12.7. The number of thiazole rings is 1. The molecule has 0 aliphatic rings. The molecule has 0 fully saturated rings. The molecule has 2 aromatic rings. The molecular formula is C15H18N2O2S. The number of aromatic nitrogens is 1. The maximum absolute atomic E-state index is 11.7. The summed E-state index contributed by atoms with van der Waals surface area (Å²) >= 11 is 1.45. The van der Waals surface area contributed by atoms with Crippen LogP contribution in [-0.4, -0.2) is 24.1 Å². The molecule has 0 N–H and O–H groups in total. The van der Waals surface area contributed by atoms with Gasteiger partial charge in [-0.05, 0) is 32.4 Å². The summed E-state index contributed by atoms with van der Waals surface area (Å²) in [6, 6.07) is 8.14. The summed E-state index contributed by atoms with van der Waals surface area (Å²) < 4.78 is 4.97. The van der Waals surface area contributed by atoms with Crippen LogP contribution in [0.25, 0.3) is 0 Å². The van der Waals surface area contributed by atoms with Crippen molar-refractivity contribution >= 4 is 28.1 Å². The molecular weight excluding hydrogens is 272 g/mol. The fourth-order valence-corrected chi connectivity index (χ4v) is 2.83. The first-order chi connectivity index (χ1) is 9.67. The lowest BCUT2D eigenvalue weighted by atomic mass is 10.2. The first-order valence-electron chi connectivity index (χ1n) is 6.63. The highest BCUT2D eigenvalue weighted by molar-refractivity contribution is 7.14. The summed E-state index contributed by atoms with van der Waals surface area (Å²) in [5, 5.41) is 2.55. The highest BCUT2D eigenvalue weighted by atomic mass is 32.1. The normalized spacial score (nSPS) is 10.3. The van der Waals surface area contributed by atoms with Crippen LogP contribution in [0.2, 0.25) is 0 Å². The average molecular weight is 290 g/mol. The summed E-state index contributed by atoms with van der Waals surface area (Å²) in [4.78, 5) is 18.2. The van der Waals surface area contributed by atoms with E-state index < -0.39 is 0 Å². The van der Waals surface area contributed by atoms with Crippen molar-refractivity contribution in [2.45, 2.75) is 20.8 Å². The maximum atomic E-state index is 11.7. The zero-order valence-electron chi connectivity index (χ0n) is 11.9. The Bertz CT molecular complexity index is 595. The van der Waals surface area contributed by atoms with E-state index >= 15 is 0 Å². The fourth-order valence-electron chi connectivity index (χ4n) is 1.96. The van der Waals surface area contributed by atoms with Crippen molar-refractivity contribution in [2.75, 3.05) is 18.1 Å². The number of carbonyl (C=O) groups is 1. The molecule has 0 unspecified atom stereocenters. The molecule has 0 amide bonds. The number of esters is 1. The van der Waals surface area contributed by atoms with E-state index in [2.05, 4.69) is 35.9 Å². The number of hydrogen-bond donors (Lipinski definition) is 0. The van der Waals surface area contributed by atoms with Gasteiger partial charge in [-0.2, -0.15) is 0 Å². The number of benzene rings is 1. The predicted molar refractivity (Wildman–Crippen MR) is 81.9 cm³/mol. The number of carbonyl (C=O) groups excluding carboxylic acids is 1. The lowest BCUT2D eigenvalue weighted by molar-refractivity contribution is 0.0520. The molecule has 2 rings (SSSR count). The number of nitrogens with zero attached hydrogens (tertiary/aromatic N) is 2. The van der Waals surface area contributed by atoms with Crippen LogP contribution in [0.5, 0.6) is 0 Å². The molecule has 106 valence electrons. The number of para-hydroxylation sites is 1. The van der Waals surface area contributed by atoms with E-state index in [1.54, 1.807) is 12.3 Å². The maximum Gasteiger partial charge on any atom is 0.357 e. The van der Waals surface area contributed by atoms with Gasteiger partial charge in [-0.15, -0.1) is 11.3 Å².